The third-order valence-corrected chi connectivity index (χ3v) is 5.22. The predicted octanol–water partition coefficient (Wildman–Crippen LogP) is 1.98. The van der Waals surface area contributed by atoms with Crippen molar-refractivity contribution in [2.75, 3.05) is 13.7 Å². The Morgan fingerprint density at radius 3 is 2.93 bits per heavy atom. The summed E-state index contributed by atoms with van der Waals surface area (Å²) in [5.41, 5.74) is 0.734. The zero-order valence-electron chi connectivity index (χ0n) is 14.9. The largest absolute Gasteiger partial charge is 0.383 e. The van der Waals surface area contributed by atoms with E-state index in [4.69, 9.17) is 20.9 Å². The van der Waals surface area contributed by atoms with Gasteiger partial charge in [-0.3, -0.25) is 9.20 Å². The number of hydrogen-bond acceptors (Lipinski definition) is 7. The Kier molecular flexibility index (Phi) is 3.80. The van der Waals surface area contributed by atoms with Crippen LogP contribution in [0, 0.1) is 0 Å². The molecule has 9 nitrogen and oxygen atoms in total. The van der Waals surface area contributed by atoms with Gasteiger partial charge in [-0.25, -0.2) is 4.98 Å². The molecular formula is C18H16ClN5O4. The quantitative estimate of drug-likeness (QED) is 0.544. The molecule has 1 N–H and O–H groups in total. The van der Waals surface area contributed by atoms with E-state index < -0.39 is 5.60 Å². The Morgan fingerprint density at radius 2 is 2.18 bits per heavy atom. The minimum atomic E-state index is -1.05. The molecule has 1 aromatic carbocycles. The Hall–Kier alpha value is -2.75. The molecule has 0 unspecified atom stereocenters. The maximum atomic E-state index is 13.3. The predicted molar refractivity (Wildman–Crippen MR) is 100 cm³/mol. The van der Waals surface area contributed by atoms with Crippen LogP contribution in [-0.2, 0) is 16.9 Å². The highest BCUT2D eigenvalue weighted by molar-refractivity contribution is 6.31. The van der Waals surface area contributed by atoms with E-state index in [1.165, 1.54) is 0 Å². The fourth-order valence-corrected chi connectivity index (χ4v) is 3.46. The van der Waals surface area contributed by atoms with Crippen LogP contribution in [0.3, 0.4) is 0 Å². The topological polar surface area (TPSA) is 108 Å². The number of hydrogen-bond donors (Lipinski definition) is 1. The highest BCUT2D eigenvalue weighted by atomic mass is 35.5. The van der Waals surface area contributed by atoms with Crippen LogP contribution in [0.4, 0.5) is 0 Å². The molecule has 0 radical (unpaired) electrons. The summed E-state index contributed by atoms with van der Waals surface area (Å²) in [6, 6.07) is 5.32. The van der Waals surface area contributed by atoms with Gasteiger partial charge in [-0.1, -0.05) is 16.8 Å². The number of rotatable bonds is 5. The van der Waals surface area contributed by atoms with Crippen molar-refractivity contribution >= 4 is 28.2 Å². The maximum Gasteiger partial charge on any atom is 0.277 e. The molecule has 144 valence electrons. The van der Waals surface area contributed by atoms with Crippen LogP contribution >= 0.6 is 11.6 Å². The number of benzene rings is 1. The fraction of sp³-hybridized carbons (Fsp3) is 0.333. The number of ether oxygens (including phenoxy) is 1. The summed E-state index contributed by atoms with van der Waals surface area (Å²) in [7, 11) is 1.58. The van der Waals surface area contributed by atoms with E-state index in [1.54, 1.807) is 34.5 Å². The third kappa shape index (κ3) is 2.55. The summed E-state index contributed by atoms with van der Waals surface area (Å²) >= 11 is 6.15. The van der Waals surface area contributed by atoms with Crippen molar-refractivity contribution in [1.82, 2.24) is 24.1 Å². The minimum absolute atomic E-state index is 0.149. The molecule has 0 saturated heterocycles. The summed E-state index contributed by atoms with van der Waals surface area (Å²) in [4.78, 5) is 21.9. The Labute approximate surface area is 163 Å². The van der Waals surface area contributed by atoms with Crippen molar-refractivity contribution in [3.8, 4) is 11.5 Å². The molecule has 1 fully saturated rings. The molecule has 4 aromatic rings. The number of aromatic nitrogens is 5. The van der Waals surface area contributed by atoms with Crippen LogP contribution in [-0.4, -0.2) is 42.9 Å². The van der Waals surface area contributed by atoms with E-state index in [-0.39, 0.29) is 17.3 Å². The molecule has 1 aliphatic carbocycles. The van der Waals surface area contributed by atoms with Crippen molar-refractivity contribution in [3.63, 3.8) is 0 Å². The first kappa shape index (κ1) is 17.4. The molecule has 5 rings (SSSR count). The second-order valence-corrected chi connectivity index (χ2v) is 7.29. The Balaban J connectivity index is 1.77. The Bertz CT molecular complexity index is 1270. The van der Waals surface area contributed by atoms with E-state index in [1.807, 2.05) is 6.07 Å². The molecule has 10 heteroatoms. The number of methoxy groups -OCH3 is 1. The van der Waals surface area contributed by atoms with Gasteiger partial charge in [-0.05, 0) is 31.0 Å². The summed E-state index contributed by atoms with van der Waals surface area (Å²) < 4.78 is 13.6. The Morgan fingerprint density at radius 1 is 1.36 bits per heavy atom. The van der Waals surface area contributed by atoms with Crippen LogP contribution in [0.25, 0.3) is 28.1 Å². The first-order valence-corrected chi connectivity index (χ1v) is 9.14. The normalized spacial score (nSPS) is 15.5. The van der Waals surface area contributed by atoms with Gasteiger partial charge in [0.2, 0.25) is 5.82 Å². The van der Waals surface area contributed by atoms with Gasteiger partial charge in [0.05, 0.1) is 17.6 Å². The standard InChI is InChI=1S/C18H16ClN5O4/c1-27-7-6-23-12-8-10(19)2-3-11(12)24-9-20-13(14(24)16(23)25)15-21-17(28-22-15)18(26)4-5-18/h2-3,8-9,26H,4-7H2,1H3. The molecule has 0 atom stereocenters. The van der Waals surface area contributed by atoms with Gasteiger partial charge in [0.15, 0.2) is 0 Å². The van der Waals surface area contributed by atoms with Crippen molar-refractivity contribution < 1.29 is 14.4 Å². The summed E-state index contributed by atoms with van der Waals surface area (Å²) in [5.74, 6) is 0.317. The van der Waals surface area contributed by atoms with Gasteiger partial charge in [0, 0.05) is 18.7 Å². The molecule has 0 spiro atoms. The smallest absolute Gasteiger partial charge is 0.277 e. The lowest BCUT2D eigenvalue weighted by molar-refractivity contribution is 0.108. The van der Waals surface area contributed by atoms with Crippen molar-refractivity contribution in [2.45, 2.75) is 25.0 Å². The molecule has 28 heavy (non-hydrogen) atoms. The maximum absolute atomic E-state index is 13.3. The zero-order valence-corrected chi connectivity index (χ0v) is 15.7. The lowest BCUT2D eigenvalue weighted by Crippen LogP contribution is -2.25. The van der Waals surface area contributed by atoms with Gasteiger partial charge in [0.25, 0.3) is 11.4 Å². The number of fused-ring (bicyclic) bond motifs is 3. The number of halogens is 1. The lowest BCUT2D eigenvalue weighted by atomic mass is 10.2. The summed E-state index contributed by atoms with van der Waals surface area (Å²) in [5, 5.41) is 14.6. The first-order valence-electron chi connectivity index (χ1n) is 8.77. The number of nitrogens with zero attached hydrogens (tertiary/aromatic N) is 5. The third-order valence-electron chi connectivity index (χ3n) is 4.98. The highest BCUT2D eigenvalue weighted by Crippen LogP contribution is 2.44. The lowest BCUT2D eigenvalue weighted by Gasteiger charge is -2.12. The molecule has 0 aliphatic heterocycles. The highest BCUT2D eigenvalue weighted by Gasteiger charge is 2.48. The SMILES string of the molecule is COCCn1c(=O)c2c(-c3noc(C4(O)CC4)n3)ncn2c2ccc(Cl)cc21. The molecule has 1 saturated carbocycles. The van der Waals surface area contributed by atoms with Crippen LogP contribution in [0.1, 0.15) is 18.7 Å². The molecule has 0 amide bonds. The average Bonchev–Trinajstić information content (AvgIpc) is 3.11. The number of imidazole rings is 1. The molecule has 3 heterocycles. The van der Waals surface area contributed by atoms with Crippen molar-refractivity contribution in [2.24, 2.45) is 0 Å². The van der Waals surface area contributed by atoms with Gasteiger partial charge >= 0.3 is 0 Å². The van der Waals surface area contributed by atoms with Crippen LogP contribution in [0.2, 0.25) is 5.02 Å². The summed E-state index contributed by atoms with van der Waals surface area (Å²) in [6.07, 6.45) is 2.70. The minimum Gasteiger partial charge on any atom is -0.383 e. The van der Waals surface area contributed by atoms with Crippen molar-refractivity contribution in [1.29, 1.82) is 0 Å². The fourth-order valence-electron chi connectivity index (χ4n) is 3.30. The van der Waals surface area contributed by atoms with Crippen LogP contribution in [0.15, 0.2) is 33.8 Å². The monoisotopic (exact) mass is 401 g/mol. The van der Waals surface area contributed by atoms with Gasteiger partial charge in [-0.15, -0.1) is 0 Å². The van der Waals surface area contributed by atoms with Crippen LogP contribution < -0.4 is 5.56 Å². The van der Waals surface area contributed by atoms with E-state index >= 15 is 0 Å². The summed E-state index contributed by atoms with van der Waals surface area (Å²) in [6.45, 7) is 0.713. The molecule has 0 bridgehead atoms. The average molecular weight is 402 g/mol. The van der Waals surface area contributed by atoms with E-state index in [0.29, 0.717) is 47.7 Å². The van der Waals surface area contributed by atoms with E-state index in [2.05, 4.69) is 15.1 Å². The van der Waals surface area contributed by atoms with Gasteiger partial charge in [0.1, 0.15) is 23.1 Å². The van der Waals surface area contributed by atoms with E-state index in [0.717, 1.165) is 5.52 Å². The molecular weight excluding hydrogens is 386 g/mol. The zero-order chi connectivity index (χ0) is 19.5. The first-order chi connectivity index (χ1) is 13.5. The number of aliphatic hydroxyl groups is 1. The van der Waals surface area contributed by atoms with Crippen molar-refractivity contribution in [3.05, 3.63) is 45.8 Å². The second-order valence-electron chi connectivity index (χ2n) is 6.85. The molecule has 1 aliphatic rings. The molecule has 3 aromatic heterocycles. The van der Waals surface area contributed by atoms with Crippen LogP contribution in [0.5, 0.6) is 0 Å². The second kappa shape index (κ2) is 6.13. The van der Waals surface area contributed by atoms with Gasteiger partial charge in [-0.2, -0.15) is 4.98 Å². The van der Waals surface area contributed by atoms with Gasteiger partial charge < -0.3 is 18.9 Å². The van der Waals surface area contributed by atoms with E-state index in [9.17, 15) is 9.90 Å².